The summed E-state index contributed by atoms with van der Waals surface area (Å²) in [7, 11) is 0. The molecule has 0 amide bonds. The van der Waals surface area contributed by atoms with E-state index < -0.39 is 0 Å². The first-order valence-electron chi connectivity index (χ1n) is 7.47. The minimum Gasteiger partial charge on any atom is -0.366 e. The molecule has 0 atom stereocenters. The Morgan fingerprint density at radius 2 is 0.897 bits per heavy atom. The SMILES string of the molecule is C.C.C.Cc1cnc(N)nn1.Cc1nnc(N)nc1C.Cc1nnc(N)nc1C. The zero-order chi connectivity index (χ0) is 19.7. The van der Waals surface area contributed by atoms with Crippen LogP contribution in [0.4, 0.5) is 17.8 Å². The van der Waals surface area contributed by atoms with Gasteiger partial charge < -0.3 is 17.2 Å². The quantitative estimate of drug-likeness (QED) is 0.490. The minimum absolute atomic E-state index is 0. The fourth-order valence-corrected chi connectivity index (χ4v) is 1.29. The third-order valence-electron chi connectivity index (χ3n) is 2.91. The maximum Gasteiger partial charge on any atom is 0.240 e. The van der Waals surface area contributed by atoms with Crippen molar-refractivity contribution in [3.8, 4) is 0 Å². The number of nitrogen functional groups attached to an aromatic ring is 3. The Morgan fingerprint density at radius 3 is 1.14 bits per heavy atom. The second-order valence-electron chi connectivity index (χ2n) is 5.14. The molecule has 0 spiro atoms. The average Bonchev–Trinajstić information content (AvgIpc) is 2.59. The molecule has 0 saturated heterocycles. The number of nitrogens with two attached hydrogens (primary N) is 3. The van der Waals surface area contributed by atoms with E-state index in [4.69, 9.17) is 17.2 Å². The van der Waals surface area contributed by atoms with Gasteiger partial charge in [0.15, 0.2) is 0 Å². The van der Waals surface area contributed by atoms with Crippen LogP contribution in [0.3, 0.4) is 0 Å². The third-order valence-corrected chi connectivity index (χ3v) is 2.91. The first-order chi connectivity index (χ1) is 12.2. The van der Waals surface area contributed by atoms with Gasteiger partial charge in [0.25, 0.3) is 0 Å². The number of nitrogens with zero attached hydrogens (tertiary/aromatic N) is 9. The van der Waals surface area contributed by atoms with Gasteiger partial charge in [0, 0.05) is 0 Å². The molecule has 0 aliphatic rings. The van der Waals surface area contributed by atoms with Crippen molar-refractivity contribution < 1.29 is 0 Å². The van der Waals surface area contributed by atoms with Crippen LogP contribution < -0.4 is 17.2 Å². The summed E-state index contributed by atoms with van der Waals surface area (Å²) in [6, 6.07) is 0. The summed E-state index contributed by atoms with van der Waals surface area (Å²) in [6.45, 7) is 9.18. The van der Waals surface area contributed by atoms with Gasteiger partial charge in [0.05, 0.1) is 34.7 Å². The number of hydrogen-bond donors (Lipinski definition) is 3. The normalized spacial score (nSPS) is 8.45. The predicted octanol–water partition coefficient (Wildman–Crippen LogP) is 1.81. The summed E-state index contributed by atoms with van der Waals surface area (Å²) < 4.78 is 0. The van der Waals surface area contributed by atoms with Crippen LogP contribution in [0.25, 0.3) is 0 Å². The van der Waals surface area contributed by atoms with Crippen molar-refractivity contribution >= 4 is 17.8 Å². The molecule has 0 aliphatic carbocycles. The molecule has 0 aliphatic heterocycles. The molecule has 3 heterocycles. The van der Waals surface area contributed by atoms with Crippen molar-refractivity contribution in [3.63, 3.8) is 0 Å². The monoisotopic (exact) mass is 406 g/mol. The van der Waals surface area contributed by atoms with E-state index in [1.54, 1.807) is 13.1 Å². The van der Waals surface area contributed by atoms with Gasteiger partial charge in [-0.3, -0.25) is 0 Å². The van der Waals surface area contributed by atoms with Gasteiger partial charge in [-0.05, 0) is 34.6 Å². The van der Waals surface area contributed by atoms with Crippen molar-refractivity contribution in [2.24, 2.45) is 0 Å². The largest absolute Gasteiger partial charge is 0.366 e. The Morgan fingerprint density at radius 1 is 0.517 bits per heavy atom. The number of rotatable bonds is 0. The van der Waals surface area contributed by atoms with Gasteiger partial charge in [-0.1, -0.05) is 22.3 Å². The van der Waals surface area contributed by atoms with E-state index in [0.717, 1.165) is 28.5 Å². The number of anilines is 3. The molecule has 0 unspecified atom stereocenters. The molecule has 0 aromatic carbocycles. The summed E-state index contributed by atoms with van der Waals surface area (Å²) in [6.07, 6.45) is 1.57. The highest BCUT2D eigenvalue weighted by molar-refractivity contribution is 5.17. The van der Waals surface area contributed by atoms with Crippen LogP contribution in [-0.4, -0.2) is 45.5 Å². The van der Waals surface area contributed by atoms with E-state index in [1.807, 2.05) is 27.7 Å². The van der Waals surface area contributed by atoms with Gasteiger partial charge in [0.1, 0.15) is 0 Å². The number of aryl methyl sites for hydroxylation is 5. The maximum absolute atomic E-state index is 5.24. The van der Waals surface area contributed by atoms with Gasteiger partial charge in [-0.25, -0.2) is 15.0 Å². The lowest BCUT2D eigenvalue weighted by molar-refractivity contribution is 0.909. The number of hydrogen-bond acceptors (Lipinski definition) is 12. The molecule has 12 nitrogen and oxygen atoms in total. The molecule has 3 aromatic rings. The highest BCUT2D eigenvalue weighted by atomic mass is 15.2. The molecular weight excluding hydrogens is 372 g/mol. The van der Waals surface area contributed by atoms with Crippen molar-refractivity contribution in [1.82, 2.24) is 45.5 Å². The summed E-state index contributed by atoms with van der Waals surface area (Å²) in [5.74, 6) is 0.687. The lowest BCUT2D eigenvalue weighted by atomic mass is 10.4. The average molecular weight is 407 g/mol. The Labute approximate surface area is 172 Å². The fourth-order valence-electron chi connectivity index (χ4n) is 1.29. The van der Waals surface area contributed by atoms with E-state index in [1.165, 1.54) is 0 Å². The molecule has 3 aromatic heterocycles. The molecule has 6 N–H and O–H groups in total. The van der Waals surface area contributed by atoms with Gasteiger partial charge >= 0.3 is 0 Å². The molecule has 29 heavy (non-hydrogen) atoms. The standard InChI is InChI=1S/2C5H8N4.C4H6N4.3CH4/c2*1-3-4(2)8-9-5(6)7-3;1-3-2-6-4(5)8-7-3;;;/h2*1-2H3,(H2,6,7,9);2H,1H3,(H2,5,6,8);3*1H4. The van der Waals surface area contributed by atoms with E-state index >= 15 is 0 Å². The molecule has 0 bridgehead atoms. The highest BCUT2D eigenvalue weighted by Gasteiger charge is 1.95. The van der Waals surface area contributed by atoms with Gasteiger partial charge in [0.2, 0.25) is 17.8 Å². The molecule has 162 valence electrons. The van der Waals surface area contributed by atoms with Crippen LogP contribution in [0.15, 0.2) is 6.20 Å². The van der Waals surface area contributed by atoms with Gasteiger partial charge in [-0.15, -0.1) is 15.3 Å². The Kier molecular flexibility index (Phi) is 15.1. The van der Waals surface area contributed by atoms with Crippen LogP contribution in [0.2, 0.25) is 0 Å². The zero-order valence-corrected chi connectivity index (χ0v) is 15.3. The van der Waals surface area contributed by atoms with Gasteiger partial charge in [-0.2, -0.15) is 15.3 Å². The smallest absolute Gasteiger partial charge is 0.240 e. The summed E-state index contributed by atoms with van der Waals surface area (Å²) in [5.41, 5.74) is 19.7. The topological polar surface area (TPSA) is 194 Å². The summed E-state index contributed by atoms with van der Waals surface area (Å²) in [4.78, 5) is 11.4. The van der Waals surface area contributed by atoms with Crippen LogP contribution >= 0.6 is 0 Å². The van der Waals surface area contributed by atoms with Crippen molar-refractivity contribution in [1.29, 1.82) is 0 Å². The van der Waals surface area contributed by atoms with E-state index in [-0.39, 0.29) is 40.1 Å². The molecule has 0 radical (unpaired) electrons. The Balaban J connectivity index is -0.000000333. The second kappa shape index (κ2) is 14.5. The lowest BCUT2D eigenvalue weighted by Crippen LogP contribution is -2.01. The first kappa shape index (κ1) is 30.2. The second-order valence-corrected chi connectivity index (χ2v) is 5.14. The Hall–Kier alpha value is -3.57. The number of aromatic nitrogens is 9. The molecular formula is C17H34N12. The molecule has 0 saturated carbocycles. The van der Waals surface area contributed by atoms with Crippen LogP contribution in [0.1, 0.15) is 50.7 Å². The summed E-state index contributed by atoms with van der Waals surface area (Å²) >= 11 is 0. The predicted molar refractivity (Wildman–Crippen MR) is 117 cm³/mol. The fraction of sp³-hybridized carbons (Fsp3) is 0.471. The van der Waals surface area contributed by atoms with Crippen LogP contribution in [0.5, 0.6) is 0 Å². The van der Waals surface area contributed by atoms with Crippen LogP contribution in [-0.2, 0) is 0 Å². The van der Waals surface area contributed by atoms with E-state index in [0.29, 0.717) is 0 Å². The van der Waals surface area contributed by atoms with E-state index in [2.05, 4.69) is 45.5 Å². The Bertz CT molecular complexity index is 766. The third kappa shape index (κ3) is 11.7. The maximum atomic E-state index is 5.24. The van der Waals surface area contributed by atoms with E-state index in [9.17, 15) is 0 Å². The summed E-state index contributed by atoms with van der Waals surface area (Å²) in [5, 5.41) is 21.7. The molecule has 12 heteroatoms. The van der Waals surface area contributed by atoms with Crippen molar-refractivity contribution in [3.05, 3.63) is 34.7 Å². The minimum atomic E-state index is 0. The molecule has 3 rings (SSSR count). The van der Waals surface area contributed by atoms with Crippen molar-refractivity contribution in [2.45, 2.75) is 56.9 Å². The first-order valence-corrected chi connectivity index (χ1v) is 7.47. The molecule has 0 fully saturated rings. The lowest BCUT2D eigenvalue weighted by Gasteiger charge is -1.94. The highest BCUT2D eigenvalue weighted by Crippen LogP contribution is 1.97. The van der Waals surface area contributed by atoms with Crippen LogP contribution in [0, 0.1) is 34.6 Å². The zero-order valence-electron chi connectivity index (χ0n) is 15.3. The van der Waals surface area contributed by atoms with Crippen molar-refractivity contribution in [2.75, 3.05) is 17.2 Å².